The van der Waals surface area contributed by atoms with E-state index in [0.29, 0.717) is 6.42 Å². The molecule has 3 aromatic carbocycles. The second kappa shape index (κ2) is 9.72. The number of carbonyl (C=O) groups is 2. The zero-order chi connectivity index (χ0) is 24.3. The van der Waals surface area contributed by atoms with Crippen LogP contribution in [0, 0.1) is 0 Å². The van der Waals surface area contributed by atoms with Gasteiger partial charge in [-0.1, -0.05) is 93.6 Å². The van der Waals surface area contributed by atoms with E-state index in [1.54, 1.807) is 0 Å². The predicted octanol–water partition coefficient (Wildman–Crippen LogP) is 5.91. The molecule has 0 saturated carbocycles. The van der Waals surface area contributed by atoms with E-state index in [4.69, 9.17) is 4.74 Å². The third-order valence-electron chi connectivity index (χ3n) is 6.39. The van der Waals surface area contributed by atoms with E-state index < -0.39 is 18.1 Å². The van der Waals surface area contributed by atoms with Crippen molar-refractivity contribution in [3.63, 3.8) is 0 Å². The lowest BCUT2D eigenvalue weighted by Gasteiger charge is -2.21. The summed E-state index contributed by atoms with van der Waals surface area (Å²) in [4.78, 5) is 24.1. The second-order valence-electron chi connectivity index (χ2n) is 9.92. The Hall–Kier alpha value is -3.60. The number of carbonyl (C=O) groups excluding carboxylic acids is 1. The van der Waals surface area contributed by atoms with Crippen molar-refractivity contribution in [2.75, 3.05) is 6.61 Å². The molecule has 5 nitrogen and oxygen atoms in total. The molecule has 1 aliphatic carbocycles. The highest BCUT2D eigenvalue weighted by Crippen LogP contribution is 2.44. The van der Waals surface area contributed by atoms with Gasteiger partial charge in [-0.05, 0) is 45.2 Å². The summed E-state index contributed by atoms with van der Waals surface area (Å²) in [6, 6.07) is 23.8. The van der Waals surface area contributed by atoms with Gasteiger partial charge in [0.05, 0.1) is 6.42 Å². The molecule has 0 fully saturated rings. The summed E-state index contributed by atoms with van der Waals surface area (Å²) in [7, 11) is 0. The molecule has 0 aliphatic heterocycles. The molecule has 5 heteroatoms. The Bertz CT molecular complexity index is 1130. The second-order valence-corrected chi connectivity index (χ2v) is 9.92. The topological polar surface area (TPSA) is 75.6 Å². The smallest absolute Gasteiger partial charge is 0.407 e. The van der Waals surface area contributed by atoms with Gasteiger partial charge >= 0.3 is 12.1 Å². The minimum Gasteiger partial charge on any atom is -0.481 e. The van der Waals surface area contributed by atoms with Gasteiger partial charge in [-0.15, -0.1) is 0 Å². The van der Waals surface area contributed by atoms with E-state index >= 15 is 0 Å². The minimum absolute atomic E-state index is 0.0402. The molecular formula is C29H31NO4. The first-order valence-corrected chi connectivity index (χ1v) is 11.6. The number of ether oxygens (including phenoxy) is 1. The number of benzene rings is 3. The molecule has 1 amide bonds. The normalized spacial score (nSPS) is 13.6. The van der Waals surface area contributed by atoms with Crippen molar-refractivity contribution < 1.29 is 19.4 Å². The average molecular weight is 458 g/mol. The molecule has 0 bridgehead atoms. The molecular weight excluding hydrogens is 426 g/mol. The number of hydrogen-bond acceptors (Lipinski definition) is 3. The van der Waals surface area contributed by atoms with E-state index in [2.05, 4.69) is 62.5 Å². The van der Waals surface area contributed by atoms with Gasteiger partial charge in [0.15, 0.2) is 0 Å². The molecule has 34 heavy (non-hydrogen) atoms. The first-order valence-electron chi connectivity index (χ1n) is 11.6. The van der Waals surface area contributed by atoms with Gasteiger partial charge in [-0.2, -0.15) is 0 Å². The molecule has 2 N–H and O–H groups in total. The SMILES string of the molecule is CC(C)(C)c1ccc(C[C@@H](CC(=O)O)NC(=O)OCC2c3ccccc3-c3ccccc32)cc1. The highest BCUT2D eigenvalue weighted by Gasteiger charge is 2.29. The average Bonchev–Trinajstić information content (AvgIpc) is 3.11. The highest BCUT2D eigenvalue weighted by molar-refractivity contribution is 5.79. The van der Waals surface area contributed by atoms with Crippen molar-refractivity contribution >= 4 is 12.1 Å². The quantitative estimate of drug-likeness (QED) is 0.463. The zero-order valence-electron chi connectivity index (χ0n) is 19.9. The standard InChI is InChI=1S/C29H31NO4/c1-29(2,3)20-14-12-19(13-15-20)16-21(17-27(31)32)30-28(33)34-18-26-24-10-6-4-8-22(24)23-9-5-7-11-25(23)26/h4-15,21,26H,16-18H2,1-3H3,(H,30,33)(H,31,32)/t21-/m0/s1. The molecule has 3 aromatic rings. The van der Waals surface area contributed by atoms with Gasteiger partial charge in [0.1, 0.15) is 6.61 Å². The van der Waals surface area contributed by atoms with Crippen molar-refractivity contribution in [2.24, 2.45) is 0 Å². The van der Waals surface area contributed by atoms with Crippen molar-refractivity contribution in [1.82, 2.24) is 5.32 Å². The number of fused-ring (bicyclic) bond motifs is 3. The summed E-state index contributed by atoms with van der Waals surface area (Å²) in [5.41, 5.74) is 6.81. The van der Waals surface area contributed by atoms with Crippen molar-refractivity contribution in [2.45, 2.75) is 51.0 Å². The molecule has 0 spiro atoms. The van der Waals surface area contributed by atoms with E-state index in [9.17, 15) is 14.7 Å². The van der Waals surface area contributed by atoms with Gasteiger partial charge in [0.25, 0.3) is 0 Å². The van der Waals surface area contributed by atoms with E-state index in [0.717, 1.165) is 27.8 Å². The molecule has 0 unspecified atom stereocenters. The lowest BCUT2D eigenvalue weighted by Crippen LogP contribution is -2.39. The molecule has 0 radical (unpaired) electrons. The summed E-state index contributed by atoms with van der Waals surface area (Å²) in [6.45, 7) is 6.63. The Morgan fingerprint density at radius 1 is 0.912 bits per heavy atom. The summed E-state index contributed by atoms with van der Waals surface area (Å²) in [6.07, 6.45) is -0.356. The number of hydrogen-bond donors (Lipinski definition) is 2. The molecule has 0 aromatic heterocycles. The van der Waals surface area contributed by atoms with Crippen LogP contribution >= 0.6 is 0 Å². The molecule has 0 saturated heterocycles. The van der Waals surface area contributed by atoms with Crippen LogP contribution in [-0.2, 0) is 21.4 Å². The molecule has 176 valence electrons. The van der Waals surface area contributed by atoms with Crippen LogP contribution in [0.25, 0.3) is 11.1 Å². The van der Waals surface area contributed by atoms with Gasteiger partial charge in [-0.25, -0.2) is 4.79 Å². The molecule has 4 rings (SSSR count). The summed E-state index contributed by atoms with van der Waals surface area (Å²) >= 11 is 0. The van der Waals surface area contributed by atoms with Crippen molar-refractivity contribution in [3.8, 4) is 11.1 Å². The van der Waals surface area contributed by atoms with E-state index in [-0.39, 0.29) is 24.4 Å². The first kappa shape index (κ1) is 23.6. The Kier molecular flexibility index (Phi) is 6.73. The van der Waals surface area contributed by atoms with Crippen LogP contribution in [0.1, 0.15) is 55.4 Å². The van der Waals surface area contributed by atoms with Crippen LogP contribution in [0.5, 0.6) is 0 Å². The van der Waals surface area contributed by atoms with Crippen LogP contribution in [0.2, 0.25) is 0 Å². The lowest BCUT2D eigenvalue weighted by atomic mass is 9.86. The zero-order valence-corrected chi connectivity index (χ0v) is 19.9. The third kappa shape index (κ3) is 5.30. The maximum atomic E-state index is 12.7. The fraction of sp³-hybridized carbons (Fsp3) is 0.310. The molecule has 0 heterocycles. The van der Waals surface area contributed by atoms with Crippen LogP contribution < -0.4 is 5.32 Å². The van der Waals surface area contributed by atoms with Crippen molar-refractivity contribution in [1.29, 1.82) is 0 Å². The molecule has 1 atom stereocenters. The minimum atomic E-state index is -0.963. The summed E-state index contributed by atoms with van der Waals surface area (Å²) in [5.74, 6) is -1.00. The lowest BCUT2D eigenvalue weighted by molar-refractivity contribution is -0.137. The van der Waals surface area contributed by atoms with Crippen molar-refractivity contribution in [3.05, 3.63) is 95.1 Å². The number of rotatable bonds is 7. The summed E-state index contributed by atoms with van der Waals surface area (Å²) in [5, 5.41) is 12.1. The Morgan fingerprint density at radius 2 is 1.47 bits per heavy atom. The number of carboxylic acid groups (broad SMARTS) is 1. The Labute approximate surface area is 200 Å². The maximum Gasteiger partial charge on any atom is 0.407 e. The number of nitrogens with one attached hydrogen (secondary N) is 1. The predicted molar refractivity (Wildman–Crippen MR) is 133 cm³/mol. The number of carboxylic acids is 1. The maximum absolute atomic E-state index is 12.7. The van der Waals surface area contributed by atoms with Gasteiger partial charge in [0, 0.05) is 12.0 Å². The Balaban J connectivity index is 1.41. The van der Waals surface area contributed by atoms with Crippen LogP contribution in [-0.4, -0.2) is 29.8 Å². The largest absolute Gasteiger partial charge is 0.481 e. The van der Waals surface area contributed by atoms with E-state index in [1.165, 1.54) is 5.56 Å². The van der Waals surface area contributed by atoms with Crippen LogP contribution in [0.15, 0.2) is 72.8 Å². The monoisotopic (exact) mass is 457 g/mol. The fourth-order valence-electron chi connectivity index (χ4n) is 4.62. The fourth-order valence-corrected chi connectivity index (χ4v) is 4.62. The van der Waals surface area contributed by atoms with E-state index in [1.807, 2.05) is 36.4 Å². The first-order chi connectivity index (χ1) is 16.2. The van der Waals surface area contributed by atoms with Gasteiger partial charge < -0.3 is 15.2 Å². The van der Waals surface area contributed by atoms with Gasteiger partial charge in [0.2, 0.25) is 0 Å². The Morgan fingerprint density at radius 3 is 2.00 bits per heavy atom. The number of aliphatic carboxylic acids is 1. The summed E-state index contributed by atoms with van der Waals surface area (Å²) < 4.78 is 5.61. The third-order valence-corrected chi connectivity index (χ3v) is 6.39. The number of alkyl carbamates (subject to hydrolysis) is 1. The van der Waals surface area contributed by atoms with Gasteiger partial charge in [-0.3, -0.25) is 4.79 Å². The highest BCUT2D eigenvalue weighted by atomic mass is 16.5. The van der Waals surface area contributed by atoms with Crippen LogP contribution in [0.4, 0.5) is 4.79 Å². The van der Waals surface area contributed by atoms with Crippen LogP contribution in [0.3, 0.4) is 0 Å². The number of amides is 1. The molecule has 1 aliphatic rings.